The van der Waals surface area contributed by atoms with Crippen LogP contribution in [0.3, 0.4) is 0 Å². The Morgan fingerprint density at radius 3 is 2.38 bits per heavy atom. The second-order valence-electron chi connectivity index (χ2n) is 7.45. The number of carbonyl (C=O) groups excluding carboxylic acids is 3. The van der Waals surface area contributed by atoms with Crippen molar-refractivity contribution in [1.82, 2.24) is 14.7 Å². The largest absolute Gasteiger partial charge is 0.335 e. The third-order valence-corrected chi connectivity index (χ3v) is 5.40. The second-order valence-corrected chi connectivity index (χ2v) is 7.85. The van der Waals surface area contributed by atoms with Gasteiger partial charge in [0.15, 0.2) is 0 Å². The first-order valence-electron chi connectivity index (χ1n) is 9.51. The van der Waals surface area contributed by atoms with E-state index in [2.05, 4.69) is 13.2 Å². The van der Waals surface area contributed by atoms with Crippen LogP contribution in [0.5, 0.6) is 0 Å². The Morgan fingerprint density at radius 1 is 1.21 bits per heavy atom. The van der Waals surface area contributed by atoms with Crippen LogP contribution in [0.2, 0.25) is 5.02 Å². The average molecular weight is 418 g/mol. The van der Waals surface area contributed by atoms with Crippen molar-refractivity contribution in [1.29, 1.82) is 0 Å². The van der Waals surface area contributed by atoms with Crippen LogP contribution in [0.4, 0.5) is 0 Å². The molecule has 3 amide bonds. The van der Waals surface area contributed by atoms with Crippen molar-refractivity contribution in [2.24, 2.45) is 0 Å². The summed E-state index contributed by atoms with van der Waals surface area (Å²) in [5.41, 5.74) is -0.794. The molecule has 0 aromatic heterocycles. The number of likely N-dealkylation sites (tertiary alicyclic amines) is 1. The lowest BCUT2D eigenvalue weighted by Gasteiger charge is -2.30. The van der Waals surface area contributed by atoms with Gasteiger partial charge in [-0.05, 0) is 25.7 Å². The molecular formula is C22H28ClN3O3. The van der Waals surface area contributed by atoms with E-state index in [4.69, 9.17) is 11.6 Å². The maximum absolute atomic E-state index is 13.5. The van der Waals surface area contributed by atoms with Crippen molar-refractivity contribution >= 4 is 29.3 Å². The number of hydrogen-bond acceptors (Lipinski definition) is 4. The van der Waals surface area contributed by atoms with E-state index < -0.39 is 5.41 Å². The van der Waals surface area contributed by atoms with Crippen LogP contribution >= 0.6 is 11.6 Å². The molecule has 6 nitrogen and oxygen atoms in total. The van der Waals surface area contributed by atoms with Crippen molar-refractivity contribution in [3.8, 4) is 0 Å². The molecule has 1 atom stereocenters. The summed E-state index contributed by atoms with van der Waals surface area (Å²) >= 11 is 6.42. The van der Waals surface area contributed by atoms with Crippen LogP contribution in [-0.4, -0.2) is 72.7 Å². The number of nitrogens with zero attached hydrogens (tertiary/aromatic N) is 3. The summed E-state index contributed by atoms with van der Waals surface area (Å²) in [6.07, 6.45) is 3.02. The first kappa shape index (κ1) is 22.8. The molecule has 1 aliphatic heterocycles. The summed E-state index contributed by atoms with van der Waals surface area (Å²) in [5.74, 6) is -0.910. The number of amides is 3. The fraction of sp³-hybridized carbons (Fsp3) is 0.409. The Balaban J connectivity index is 2.46. The van der Waals surface area contributed by atoms with Gasteiger partial charge in [-0.3, -0.25) is 19.3 Å². The Bertz CT molecular complexity index is 798. The molecule has 0 radical (unpaired) electrons. The number of imide groups is 1. The van der Waals surface area contributed by atoms with E-state index >= 15 is 0 Å². The van der Waals surface area contributed by atoms with Gasteiger partial charge in [-0.2, -0.15) is 0 Å². The van der Waals surface area contributed by atoms with Gasteiger partial charge in [-0.25, -0.2) is 0 Å². The van der Waals surface area contributed by atoms with E-state index in [1.165, 1.54) is 4.90 Å². The number of halogens is 1. The van der Waals surface area contributed by atoms with E-state index in [9.17, 15) is 14.4 Å². The molecule has 0 bridgehead atoms. The van der Waals surface area contributed by atoms with E-state index in [0.717, 1.165) is 0 Å². The maximum atomic E-state index is 13.5. The molecule has 1 aromatic rings. The minimum Gasteiger partial charge on any atom is -0.335 e. The minimum absolute atomic E-state index is 0.0786. The summed E-state index contributed by atoms with van der Waals surface area (Å²) in [7, 11) is 3.75. The Hall–Kier alpha value is -2.44. The lowest BCUT2D eigenvalue weighted by atomic mass is 9.75. The number of likely N-dealkylation sites (N-methyl/N-ethyl adjacent to an activating group) is 1. The molecule has 0 unspecified atom stereocenters. The summed E-state index contributed by atoms with van der Waals surface area (Å²) in [6, 6.07) is 6.92. The zero-order valence-corrected chi connectivity index (χ0v) is 17.8. The fourth-order valence-electron chi connectivity index (χ4n) is 3.58. The Labute approximate surface area is 177 Å². The highest BCUT2D eigenvalue weighted by molar-refractivity contribution is 6.32. The first-order chi connectivity index (χ1) is 13.8. The van der Waals surface area contributed by atoms with Crippen molar-refractivity contribution in [2.75, 3.05) is 40.3 Å². The summed E-state index contributed by atoms with van der Waals surface area (Å²) < 4.78 is 0. The highest BCUT2D eigenvalue weighted by Gasteiger charge is 2.54. The van der Waals surface area contributed by atoms with Crippen LogP contribution < -0.4 is 0 Å². The summed E-state index contributed by atoms with van der Waals surface area (Å²) in [4.78, 5) is 44.1. The molecule has 0 N–H and O–H groups in total. The molecule has 1 saturated heterocycles. The van der Waals surface area contributed by atoms with Crippen LogP contribution in [-0.2, 0) is 19.8 Å². The predicted octanol–water partition coefficient (Wildman–Crippen LogP) is 2.49. The molecule has 7 heteroatoms. The molecular weight excluding hydrogens is 390 g/mol. The zero-order valence-electron chi connectivity index (χ0n) is 17.1. The van der Waals surface area contributed by atoms with Crippen molar-refractivity contribution in [2.45, 2.75) is 18.3 Å². The average Bonchev–Trinajstić information content (AvgIpc) is 2.90. The number of benzene rings is 1. The molecule has 1 aliphatic rings. The molecule has 0 aliphatic carbocycles. The molecule has 1 fully saturated rings. The smallest absolute Gasteiger partial charge is 0.240 e. The topological polar surface area (TPSA) is 60.9 Å². The predicted molar refractivity (Wildman–Crippen MR) is 115 cm³/mol. The van der Waals surface area contributed by atoms with Crippen LogP contribution in [0, 0.1) is 0 Å². The van der Waals surface area contributed by atoms with Gasteiger partial charge in [-0.1, -0.05) is 42.0 Å². The molecule has 0 spiro atoms. The van der Waals surface area contributed by atoms with E-state index in [1.54, 1.807) is 41.3 Å². The molecule has 0 saturated carbocycles. The summed E-state index contributed by atoms with van der Waals surface area (Å²) in [5, 5.41) is 0.370. The number of carbonyl (C=O) groups is 3. The SMILES string of the molecule is C=CCN(CC=C)C(=O)C[C@]1(c2ccccc2Cl)CC(=O)N(CCN(C)C)C1=O. The van der Waals surface area contributed by atoms with E-state index in [1.807, 2.05) is 19.0 Å². The second kappa shape index (κ2) is 9.85. The van der Waals surface area contributed by atoms with Crippen LogP contribution in [0.1, 0.15) is 18.4 Å². The van der Waals surface area contributed by atoms with Gasteiger partial charge in [0.1, 0.15) is 0 Å². The van der Waals surface area contributed by atoms with Gasteiger partial charge >= 0.3 is 0 Å². The van der Waals surface area contributed by atoms with Gasteiger partial charge < -0.3 is 9.80 Å². The number of rotatable bonds is 10. The lowest BCUT2D eigenvalue weighted by molar-refractivity contribution is -0.142. The Morgan fingerprint density at radius 2 is 1.83 bits per heavy atom. The van der Waals surface area contributed by atoms with Crippen molar-refractivity contribution < 1.29 is 14.4 Å². The van der Waals surface area contributed by atoms with Crippen LogP contribution in [0.25, 0.3) is 0 Å². The standard InChI is InChI=1S/C22H28ClN3O3/c1-5-11-25(12-6-2)19(27)15-22(17-9-7-8-10-18(17)23)16-20(28)26(21(22)29)14-13-24(3)4/h5-10H,1-2,11-16H2,3-4H3/t22-/m1/s1. The number of hydrogen-bond donors (Lipinski definition) is 0. The van der Waals surface area contributed by atoms with Gasteiger partial charge in [0.25, 0.3) is 0 Å². The van der Waals surface area contributed by atoms with Crippen molar-refractivity contribution in [3.63, 3.8) is 0 Å². The van der Waals surface area contributed by atoms with E-state index in [0.29, 0.717) is 30.2 Å². The van der Waals surface area contributed by atoms with Crippen molar-refractivity contribution in [3.05, 3.63) is 60.2 Å². The summed E-state index contributed by atoms with van der Waals surface area (Å²) in [6.45, 7) is 8.84. The van der Waals surface area contributed by atoms with Gasteiger partial charge in [0, 0.05) is 44.0 Å². The fourth-order valence-corrected chi connectivity index (χ4v) is 3.90. The molecule has 1 aromatic carbocycles. The van der Waals surface area contributed by atoms with Gasteiger partial charge in [-0.15, -0.1) is 13.2 Å². The quantitative estimate of drug-likeness (QED) is 0.433. The lowest BCUT2D eigenvalue weighted by Crippen LogP contribution is -2.45. The van der Waals surface area contributed by atoms with Crippen LogP contribution in [0.15, 0.2) is 49.6 Å². The molecule has 2 rings (SSSR count). The third kappa shape index (κ3) is 4.95. The maximum Gasteiger partial charge on any atom is 0.240 e. The van der Waals surface area contributed by atoms with Gasteiger partial charge in [0.05, 0.1) is 5.41 Å². The highest BCUT2D eigenvalue weighted by atomic mass is 35.5. The molecule has 29 heavy (non-hydrogen) atoms. The highest BCUT2D eigenvalue weighted by Crippen LogP contribution is 2.43. The van der Waals surface area contributed by atoms with Gasteiger partial charge in [0.2, 0.25) is 17.7 Å². The van der Waals surface area contributed by atoms with E-state index in [-0.39, 0.29) is 37.1 Å². The Kier molecular flexibility index (Phi) is 7.76. The molecule has 1 heterocycles. The monoisotopic (exact) mass is 417 g/mol. The third-order valence-electron chi connectivity index (χ3n) is 5.07. The minimum atomic E-state index is -1.31. The first-order valence-corrected chi connectivity index (χ1v) is 9.88. The molecule has 156 valence electrons. The zero-order chi connectivity index (χ0) is 21.6. The normalized spacial score (nSPS) is 19.0.